The zero-order valence-corrected chi connectivity index (χ0v) is 14.0. The van der Waals surface area contributed by atoms with Crippen molar-refractivity contribution in [1.29, 1.82) is 0 Å². The van der Waals surface area contributed by atoms with Crippen LogP contribution in [0, 0.1) is 6.92 Å². The van der Waals surface area contributed by atoms with Crippen molar-refractivity contribution in [3.05, 3.63) is 83.9 Å². The Morgan fingerprint density at radius 1 is 0.720 bits per heavy atom. The molecule has 0 bridgehead atoms. The molecule has 0 fully saturated rings. The quantitative estimate of drug-likeness (QED) is 0.423. The van der Waals surface area contributed by atoms with Gasteiger partial charge in [-0.1, -0.05) is 78.0 Å². The Morgan fingerprint density at radius 2 is 1.32 bits per heavy atom. The van der Waals surface area contributed by atoms with Crippen LogP contribution >= 0.6 is 0 Å². The van der Waals surface area contributed by atoms with Crippen LogP contribution in [0.2, 0.25) is 0 Å². The third kappa shape index (κ3) is 2.13. The first kappa shape index (κ1) is 14.2. The van der Waals surface area contributed by atoms with Gasteiger partial charge in [-0.05, 0) is 28.8 Å². The molecule has 0 saturated carbocycles. The van der Waals surface area contributed by atoms with Crippen molar-refractivity contribution in [2.24, 2.45) is 0 Å². The topological polar surface area (TPSA) is 30.7 Å². The Kier molecular flexibility index (Phi) is 3.07. The number of hydrogen-bond donors (Lipinski definition) is 0. The molecule has 25 heavy (non-hydrogen) atoms. The van der Waals surface area contributed by atoms with Gasteiger partial charge in [-0.2, -0.15) is 0 Å². The molecule has 0 atom stereocenters. The predicted molar refractivity (Wildman–Crippen MR) is 103 cm³/mol. The molecule has 5 rings (SSSR count). The van der Waals surface area contributed by atoms with Gasteiger partial charge in [0.1, 0.15) is 5.52 Å². The maximum atomic E-state index is 4.54. The van der Waals surface area contributed by atoms with Gasteiger partial charge in [0.15, 0.2) is 0 Å². The van der Waals surface area contributed by atoms with Gasteiger partial charge in [-0.3, -0.25) is 0 Å². The number of rotatable bonds is 2. The summed E-state index contributed by atoms with van der Waals surface area (Å²) >= 11 is 0. The highest BCUT2D eigenvalue weighted by Gasteiger charge is 2.14. The third-order valence-corrected chi connectivity index (χ3v) is 4.97. The second-order valence-corrected chi connectivity index (χ2v) is 6.46. The molecular formula is C22H17N3. The zero-order valence-electron chi connectivity index (χ0n) is 14.0. The van der Waals surface area contributed by atoms with E-state index in [1.165, 1.54) is 27.3 Å². The van der Waals surface area contributed by atoms with E-state index in [2.05, 4.69) is 90.0 Å². The van der Waals surface area contributed by atoms with Crippen LogP contribution in [0.4, 0.5) is 0 Å². The first-order valence-corrected chi connectivity index (χ1v) is 8.50. The van der Waals surface area contributed by atoms with Crippen LogP contribution in [0.15, 0.2) is 72.8 Å². The first-order chi connectivity index (χ1) is 12.3. The predicted octanol–water partition coefficient (Wildman–Crippen LogP) is 5.09. The molecule has 0 aliphatic rings. The Morgan fingerprint density at radius 3 is 2.08 bits per heavy atom. The molecule has 1 aromatic heterocycles. The van der Waals surface area contributed by atoms with Crippen LogP contribution in [0.5, 0.6) is 0 Å². The summed E-state index contributed by atoms with van der Waals surface area (Å²) in [5, 5.41) is 13.9. The van der Waals surface area contributed by atoms with E-state index in [1.54, 1.807) is 0 Å². The smallest absolute Gasteiger partial charge is 0.121 e. The van der Waals surface area contributed by atoms with Gasteiger partial charge >= 0.3 is 0 Å². The van der Waals surface area contributed by atoms with Gasteiger partial charge in [0, 0.05) is 10.8 Å². The Labute approximate surface area is 145 Å². The monoisotopic (exact) mass is 323 g/mol. The Bertz CT molecular complexity index is 1230. The summed E-state index contributed by atoms with van der Waals surface area (Å²) in [7, 11) is 0. The minimum absolute atomic E-state index is 0.728. The van der Waals surface area contributed by atoms with Gasteiger partial charge in [0.2, 0.25) is 0 Å². The third-order valence-electron chi connectivity index (χ3n) is 4.97. The lowest BCUT2D eigenvalue weighted by Crippen LogP contribution is -2.03. The minimum atomic E-state index is 0.728. The Balaban J connectivity index is 1.87. The fourth-order valence-electron chi connectivity index (χ4n) is 3.67. The lowest BCUT2D eigenvalue weighted by atomic mass is 10.00. The molecule has 0 radical (unpaired) electrons. The fraction of sp³-hybridized carbons (Fsp3) is 0.0909. The molecule has 5 aromatic rings. The average Bonchev–Trinajstić information content (AvgIpc) is 3.08. The number of benzene rings is 4. The Hall–Kier alpha value is -3.20. The zero-order chi connectivity index (χ0) is 16.8. The van der Waals surface area contributed by atoms with E-state index in [-0.39, 0.29) is 0 Å². The molecule has 0 N–H and O–H groups in total. The number of fused-ring (bicyclic) bond motifs is 6. The van der Waals surface area contributed by atoms with E-state index in [1.807, 2.05) is 4.68 Å². The highest BCUT2D eigenvalue weighted by atomic mass is 15.4. The summed E-state index contributed by atoms with van der Waals surface area (Å²) < 4.78 is 2.03. The summed E-state index contributed by atoms with van der Waals surface area (Å²) in [6.45, 7) is 2.87. The molecule has 0 unspecified atom stereocenters. The molecule has 120 valence electrons. The van der Waals surface area contributed by atoms with Crippen molar-refractivity contribution in [1.82, 2.24) is 15.0 Å². The molecule has 0 aliphatic carbocycles. The number of aryl methyl sites for hydroxylation is 1. The molecule has 3 nitrogen and oxygen atoms in total. The van der Waals surface area contributed by atoms with Crippen LogP contribution in [0.1, 0.15) is 11.1 Å². The maximum Gasteiger partial charge on any atom is 0.121 e. The van der Waals surface area contributed by atoms with Gasteiger partial charge in [-0.15, -0.1) is 5.10 Å². The largest absolute Gasteiger partial charge is 0.240 e. The average molecular weight is 323 g/mol. The summed E-state index contributed by atoms with van der Waals surface area (Å²) in [4.78, 5) is 0. The van der Waals surface area contributed by atoms with Crippen molar-refractivity contribution in [2.45, 2.75) is 13.5 Å². The molecule has 3 heteroatoms. The second kappa shape index (κ2) is 5.42. The molecule has 0 amide bonds. The standard InChI is InChI=1S/C22H17N3/c1-15-8-2-3-9-16(15)14-25-22-20-13-7-5-11-18(20)17-10-4-6-12-19(17)21(22)23-24-25/h2-13H,14H2,1H3. The first-order valence-electron chi connectivity index (χ1n) is 8.50. The van der Waals surface area contributed by atoms with E-state index in [4.69, 9.17) is 0 Å². The lowest BCUT2D eigenvalue weighted by Gasteiger charge is -2.09. The molecule has 4 aromatic carbocycles. The van der Waals surface area contributed by atoms with Gasteiger partial charge < -0.3 is 0 Å². The van der Waals surface area contributed by atoms with Crippen molar-refractivity contribution >= 4 is 32.6 Å². The normalized spacial score (nSPS) is 11.6. The summed E-state index contributed by atoms with van der Waals surface area (Å²) in [6.07, 6.45) is 0. The molecule has 1 heterocycles. The number of aromatic nitrogens is 3. The van der Waals surface area contributed by atoms with E-state index in [0.29, 0.717) is 0 Å². The van der Waals surface area contributed by atoms with E-state index in [9.17, 15) is 0 Å². The molecule has 0 spiro atoms. The highest BCUT2D eigenvalue weighted by molar-refractivity contribution is 6.23. The van der Waals surface area contributed by atoms with Gasteiger partial charge in [0.25, 0.3) is 0 Å². The van der Waals surface area contributed by atoms with E-state index in [0.717, 1.165) is 23.0 Å². The number of hydrogen-bond acceptors (Lipinski definition) is 2. The number of nitrogens with zero attached hydrogens (tertiary/aromatic N) is 3. The summed E-state index contributed by atoms with van der Waals surface area (Å²) in [6, 6.07) is 25.4. The lowest BCUT2D eigenvalue weighted by molar-refractivity contribution is 0.669. The van der Waals surface area contributed by atoms with Crippen molar-refractivity contribution < 1.29 is 0 Å². The van der Waals surface area contributed by atoms with Gasteiger partial charge in [-0.25, -0.2) is 4.68 Å². The van der Waals surface area contributed by atoms with Crippen LogP contribution in [0.3, 0.4) is 0 Å². The summed E-state index contributed by atoms with van der Waals surface area (Å²) in [5.41, 5.74) is 4.63. The van der Waals surface area contributed by atoms with Gasteiger partial charge in [0.05, 0.1) is 12.1 Å². The second-order valence-electron chi connectivity index (χ2n) is 6.46. The van der Waals surface area contributed by atoms with Crippen LogP contribution in [0.25, 0.3) is 32.6 Å². The molecule has 0 aliphatic heterocycles. The molecule has 0 saturated heterocycles. The SMILES string of the molecule is Cc1ccccc1Cn1nnc2c3ccccc3c3ccccc3c21. The van der Waals surface area contributed by atoms with Crippen LogP contribution < -0.4 is 0 Å². The van der Waals surface area contributed by atoms with E-state index < -0.39 is 0 Å². The van der Waals surface area contributed by atoms with E-state index >= 15 is 0 Å². The molecular weight excluding hydrogens is 306 g/mol. The summed E-state index contributed by atoms with van der Waals surface area (Å²) in [5.74, 6) is 0. The van der Waals surface area contributed by atoms with Crippen molar-refractivity contribution in [3.63, 3.8) is 0 Å². The van der Waals surface area contributed by atoms with Crippen molar-refractivity contribution in [3.8, 4) is 0 Å². The van der Waals surface area contributed by atoms with Crippen LogP contribution in [-0.2, 0) is 6.54 Å². The highest BCUT2D eigenvalue weighted by Crippen LogP contribution is 2.33. The maximum absolute atomic E-state index is 4.54. The minimum Gasteiger partial charge on any atom is -0.240 e. The fourth-order valence-corrected chi connectivity index (χ4v) is 3.67. The van der Waals surface area contributed by atoms with Crippen LogP contribution in [-0.4, -0.2) is 15.0 Å². The van der Waals surface area contributed by atoms with Crippen molar-refractivity contribution in [2.75, 3.05) is 0 Å².